The van der Waals surface area contributed by atoms with Crippen LogP contribution in [-0.2, 0) is 0 Å². The molecule has 0 rings (SSSR count). The molecule has 0 amide bonds. The third-order valence-corrected chi connectivity index (χ3v) is 2.17. The fraction of sp³-hybridized carbons (Fsp3) is 1.00. The molecule has 0 bridgehead atoms. The van der Waals surface area contributed by atoms with Gasteiger partial charge in [-0.05, 0) is 41.5 Å². The van der Waals surface area contributed by atoms with Crippen LogP contribution >= 0.6 is 0 Å². The Morgan fingerprint density at radius 1 is 0.667 bits per heavy atom. The normalized spacial score (nSPS) is 13.0. The van der Waals surface area contributed by atoms with E-state index in [-0.39, 0.29) is 0 Å². The van der Waals surface area contributed by atoms with Gasteiger partial charge in [0.05, 0.1) is 0 Å². The summed E-state index contributed by atoms with van der Waals surface area (Å²) in [6, 6.07) is 1.74. The predicted molar refractivity (Wildman–Crippen MR) is 55.0 cm³/mol. The molecule has 2 nitrogen and oxygen atoms in total. The first-order valence-corrected chi connectivity index (χ1v) is 4.89. The van der Waals surface area contributed by atoms with Gasteiger partial charge in [-0.1, -0.05) is 0 Å². The van der Waals surface area contributed by atoms with Crippen molar-refractivity contribution < 1.29 is 0 Å². The third-order valence-electron chi connectivity index (χ3n) is 2.17. The van der Waals surface area contributed by atoms with Crippen LogP contribution in [0, 0.1) is 0 Å². The molecule has 74 valence electrons. The van der Waals surface area contributed by atoms with Crippen LogP contribution in [0.4, 0.5) is 0 Å². The Morgan fingerprint density at radius 2 is 1.00 bits per heavy atom. The molecule has 0 aromatic heterocycles. The lowest BCUT2D eigenvalue weighted by Crippen LogP contribution is -2.51. The lowest BCUT2D eigenvalue weighted by molar-refractivity contribution is -0.0764. The van der Waals surface area contributed by atoms with Crippen molar-refractivity contribution in [2.24, 2.45) is 0 Å². The van der Waals surface area contributed by atoms with E-state index >= 15 is 0 Å². The second-order valence-corrected chi connectivity index (χ2v) is 4.23. The van der Waals surface area contributed by atoms with Crippen LogP contribution in [0.25, 0.3) is 0 Å². The van der Waals surface area contributed by atoms with E-state index in [9.17, 15) is 0 Å². The Hall–Kier alpha value is -0.0800. The van der Waals surface area contributed by atoms with Crippen molar-refractivity contribution in [2.75, 3.05) is 7.05 Å². The van der Waals surface area contributed by atoms with Gasteiger partial charge in [-0.2, -0.15) is 0 Å². The smallest absolute Gasteiger partial charge is 0.0192 e. The average molecular weight is 172 g/mol. The zero-order valence-corrected chi connectivity index (χ0v) is 9.63. The fourth-order valence-corrected chi connectivity index (χ4v) is 1.59. The molecule has 0 N–H and O–H groups in total. The molecule has 0 aliphatic rings. The first kappa shape index (κ1) is 11.9. The van der Waals surface area contributed by atoms with Gasteiger partial charge in [-0.3, -0.25) is 0 Å². The quantitative estimate of drug-likeness (QED) is 0.601. The lowest BCUT2D eigenvalue weighted by atomic mass is 10.2. The number of hydrazine groups is 1. The Balaban J connectivity index is 4.30. The summed E-state index contributed by atoms with van der Waals surface area (Å²) in [4.78, 5) is 0. The van der Waals surface area contributed by atoms with Gasteiger partial charge in [0.1, 0.15) is 0 Å². The standard InChI is InChI=1S/C10H24N2/c1-8(2)11(7)12(9(3)4)10(5)6/h8-10H,1-7H3. The second-order valence-electron chi connectivity index (χ2n) is 4.23. The van der Waals surface area contributed by atoms with Gasteiger partial charge < -0.3 is 0 Å². The van der Waals surface area contributed by atoms with Crippen molar-refractivity contribution in [3.8, 4) is 0 Å². The second kappa shape index (κ2) is 4.83. The zero-order chi connectivity index (χ0) is 9.89. The Labute approximate surface area is 77.5 Å². The van der Waals surface area contributed by atoms with Gasteiger partial charge >= 0.3 is 0 Å². The van der Waals surface area contributed by atoms with Crippen molar-refractivity contribution in [3.05, 3.63) is 0 Å². The summed E-state index contributed by atoms with van der Waals surface area (Å²) in [7, 11) is 2.16. The minimum absolute atomic E-state index is 0.579. The number of rotatable bonds is 4. The minimum Gasteiger partial charge on any atom is -0.242 e. The van der Waals surface area contributed by atoms with Crippen LogP contribution in [-0.4, -0.2) is 35.2 Å². The molecule has 12 heavy (non-hydrogen) atoms. The highest BCUT2D eigenvalue weighted by molar-refractivity contribution is 4.66. The molecule has 0 aromatic carbocycles. The van der Waals surface area contributed by atoms with Crippen molar-refractivity contribution >= 4 is 0 Å². The van der Waals surface area contributed by atoms with E-state index in [0.29, 0.717) is 18.1 Å². The van der Waals surface area contributed by atoms with Crippen LogP contribution in [0.3, 0.4) is 0 Å². The minimum atomic E-state index is 0.579. The number of hydrogen-bond acceptors (Lipinski definition) is 2. The summed E-state index contributed by atoms with van der Waals surface area (Å²) in [5.41, 5.74) is 0. The summed E-state index contributed by atoms with van der Waals surface area (Å²) in [5, 5.41) is 4.72. The molecule has 0 radical (unpaired) electrons. The van der Waals surface area contributed by atoms with E-state index in [4.69, 9.17) is 0 Å². The van der Waals surface area contributed by atoms with E-state index < -0.39 is 0 Å². The van der Waals surface area contributed by atoms with Crippen molar-refractivity contribution in [3.63, 3.8) is 0 Å². The monoisotopic (exact) mass is 172 g/mol. The summed E-state index contributed by atoms with van der Waals surface area (Å²) >= 11 is 0. The van der Waals surface area contributed by atoms with Crippen LogP contribution < -0.4 is 0 Å². The average Bonchev–Trinajstić information content (AvgIpc) is 1.85. The van der Waals surface area contributed by atoms with Gasteiger partial charge in [-0.25, -0.2) is 10.0 Å². The molecular weight excluding hydrogens is 148 g/mol. The highest BCUT2D eigenvalue weighted by Crippen LogP contribution is 2.10. The van der Waals surface area contributed by atoms with Gasteiger partial charge in [0.15, 0.2) is 0 Å². The van der Waals surface area contributed by atoms with E-state index in [2.05, 4.69) is 58.6 Å². The molecule has 0 atom stereocenters. The molecule has 2 heteroatoms. The number of nitrogens with zero attached hydrogens (tertiary/aromatic N) is 2. The largest absolute Gasteiger partial charge is 0.242 e. The molecule has 0 spiro atoms. The molecular formula is C10H24N2. The molecule has 0 heterocycles. The third kappa shape index (κ3) is 3.11. The van der Waals surface area contributed by atoms with Crippen LogP contribution in [0.1, 0.15) is 41.5 Å². The maximum Gasteiger partial charge on any atom is 0.0192 e. The molecule has 0 unspecified atom stereocenters. The summed E-state index contributed by atoms with van der Waals surface area (Å²) < 4.78 is 0. The van der Waals surface area contributed by atoms with Crippen molar-refractivity contribution in [2.45, 2.75) is 59.7 Å². The van der Waals surface area contributed by atoms with Crippen molar-refractivity contribution in [1.29, 1.82) is 0 Å². The van der Waals surface area contributed by atoms with Gasteiger partial charge in [0.2, 0.25) is 0 Å². The number of hydrogen-bond donors (Lipinski definition) is 0. The van der Waals surface area contributed by atoms with Gasteiger partial charge in [0.25, 0.3) is 0 Å². The van der Waals surface area contributed by atoms with Crippen LogP contribution in [0.2, 0.25) is 0 Å². The molecule has 0 aliphatic heterocycles. The Morgan fingerprint density at radius 3 is 1.08 bits per heavy atom. The SMILES string of the molecule is CC(C)N(C)N(C(C)C)C(C)C. The first-order chi connectivity index (χ1) is 5.37. The summed E-state index contributed by atoms with van der Waals surface area (Å²) in [6.45, 7) is 13.4. The predicted octanol–water partition coefficient (Wildman–Crippen LogP) is 2.36. The topological polar surface area (TPSA) is 6.48 Å². The van der Waals surface area contributed by atoms with E-state index in [1.54, 1.807) is 0 Å². The summed E-state index contributed by atoms with van der Waals surface area (Å²) in [6.07, 6.45) is 0. The van der Waals surface area contributed by atoms with E-state index in [1.165, 1.54) is 0 Å². The van der Waals surface area contributed by atoms with Gasteiger partial charge in [-0.15, -0.1) is 0 Å². The Kier molecular flexibility index (Phi) is 4.80. The van der Waals surface area contributed by atoms with Crippen molar-refractivity contribution in [1.82, 2.24) is 10.0 Å². The maximum atomic E-state index is 2.41. The van der Waals surface area contributed by atoms with Gasteiger partial charge in [0, 0.05) is 25.2 Å². The molecule has 0 aliphatic carbocycles. The van der Waals surface area contributed by atoms with Crippen LogP contribution in [0.15, 0.2) is 0 Å². The highest BCUT2D eigenvalue weighted by atomic mass is 15.6. The Bertz CT molecular complexity index is 111. The highest BCUT2D eigenvalue weighted by Gasteiger charge is 2.19. The molecule has 0 fully saturated rings. The first-order valence-electron chi connectivity index (χ1n) is 4.89. The maximum absolute atomic E-state index is 2.41. The lowest BCUT2D eigenvalue weighted by Gasteiger charge is -2.40. The fourth-order valence-electron chi connectivity index (χ4n) is 1.59. The molecule has 0 saturated carbocycles. The zero-order valence-electron chi connectivity index (χ0n) is 9.63. The van der Waals surface area contributed by atoms with Crippen LogP contribution in [0.5, 0.6) is 0 Å². The molecule has 0 aromatic rings. The molecule has 0 saturated heterocycles. The van der Waals surface area contributed by atoms with E-state index in [0.717, 1.165) is 0 Å². The van der Waals surface area contributed by atoms with E-state index in [1.807, 2.05) is 0 Å². The summed E-state index contributed by atoms with van der Waals surface area (Å²) in [5.74, 6) is 0.